The van der Waals surface area contributed by atoms with E-state index < -0.39 is 12.1 Å². The van der Waals surface area contributed by atoms with Gasteiger partial charge < -0.3 is 10.6 Å². The van der Waals surface area contributed by atoms with E-state index in [1.807, 2.05) is 6.92 Å². The standard InChI is InChI=1S/C9H18N4O2/c1-4-5-6-10-8(14)12-13-9(15)11-7(2)3/h7H,4-6H2,1-3H3,(H,10,14)(H,11,15). The van der Waals surface area contributed by atoms with E-state index in [0.717, 1.165) is 12.8 Å². The van der Waals surface area contributed by atoms with Gasteiger partial charge in [0.05, 0.1) is 0 Å². The molecule has 6 heteroatoms. The average molecular weight is 214 g/mol. The molecule has 0 radical (unpaired) electrons. The highest BCUT2D eigenvalue weighted by Crippen LogP contribution is 1.86. The van der Waals surface area contributed by atoms with Gasteiger partial charge in [0, 0.05) is 12.6 Å². The molecule has 15 heavy (non-hydrogen) atoms. The van der Waals surface area contributed by atoms with Crippen LogP contribution in [-0.4, -0.2) is 24.6 Å². The van der Waals surface area contributed by atoms with Gasteiger partial charge in [0.25, 0.3) is 0 Å². The van der Waals surface area contributed by atoms with Crippen molar-refractivity contribution in [3.05, 3.63) is 0 Å². The molecule has 0 atom stereocenters. The molecule has 0 aliphatic carbocycles. The molecule has 86 valence electrons. The van der Waals surface area contributed by atoms with Crippen LogP contribution in [0, 0.1) is 0 Å². The lowest BCUT2D eigenvalue weighted by atomic mass is 10.3. The summed E-state index contributed by atoms with van der Waals surface area (Å²) < 4.78 is 0. The van der Waals surface area contributed by atoms with Gasteiger partial charge in [0.2, 0.25) is 0 Å². The summed E-state index contributed by atoms with van der Waals surface area (Å²) >= 11 is 0. The van der Waals surface area contributed by atoms with Crippen LogP contribution < -0.4 is 10.6 Å². The fraction of sp³-hybridized carbons (Fsp3) is 0.778. The highest BCUT2D eigenvalue weighted by molar-refractivity contribution is 5.79. The molecule has 2 N–H and O–H groups in total. The number of carbonyl (C=O) groups excluding carboxylic acids is 2. The summed E-state index contributed by atoms with van der Waals surface area (Å²) in [7, 11) is 0. The van der Waals surface area contributed by atoms with Crippen LogP contribution in [0.15, 0.2) is 10.2 Å². The third-order valence-electron chi connectivity index (χ3n) is 1.45. The van der Waals surface area contributed by atoms with E-state index in [0.29, 0.717) is 6.54 Å². The van der Waals surface area contributed by atoms with Crippen molar-refractivity contribution in [1.29, 1.82) is 0 Å². The first kappa shape index (κ1) is 13.5. The van der Waals surface area contributed by atoms with Crippen molar-refractivity contribution in [3.63, 3.8) is 0 Å². The number of unbranched alkanes of at least 4 members (excludes halogenated alkanes) is 1. The van der Waals surface area contributed by atoms with Gasteiger partial charge in [-0.2, -0.15) is 0 Å². The van der Waals surface area contributed by atoms with Crippen LogP contribution in [0.5, 0.6) is 0 Å². The molecular weight excluding hydrogens is 196 g/mol. The Morgan fingerprint density at radius 2 is 1.80 bits per heavy atom. The number of amides is 4. The van der Waals surface area contributed by atoms with Crippen molar-refractivity contribution >= 4 is 12.1 Å². The summed E-state index contributed by atoms with van der Waals surface area (Å²) in [5, 5.41) is 11.4. The highest BCUT2D eigenvalue weighted by atomic mass is 16.2. The van der Waals surface area contributed by atoms with Crippen LogP contribution in [0.4, 0.5) is 9.59 Å². The van der Waals surface area contributed by atoms with Gasteiger partial charge in [-0.05, 0) is 20.3 Å². The summed E-state index contributed by atoms with van der Waals surface area (Å²) in [5.41, 5.74) is 0. The van der Waals surface area contributed by atoms with Gasteiger partial charge in [0.1, 0.15) is 0 Å². The molecule has 0 saturated heterocycles. The van der Waals surface area contributed by atoms with Gasteiger partial charge in [0.15, 0.2) is 0 Å². The maximum atomic E-state index is 11.0. The first-order valence-electron chi connectivity index (χ1n) is 5.06. The Kier molecular flexibility index (Phi) is 7.13. The highest BCUT2D eigenvalue weighted by Gasteiger charge is 2.01. The Morgan fingerprint density at radius 1 is 1.20 bits per heavy atom. The molecule has 0 heterocycles. The lowest BCUT2D eigenvalue weighted by Gasteiger charge is -2.02. The third kappa shape index (κ3) is 8.86. The number of nitrogens with one attached hydrogen (secondary N) is 2. The maximum absolute atomic E-state index is 11.0. The van der Waals surface area contributed by atoms with E-state index in [2.05, 4.69) is 20.9 Å². The average Bonchev–Trinajstić information content (AvgIpc) is 2.14. The molecular formula is C9H18N4O2. The second kappa shape index (κ2) is 7.90. The van der Waals surface area contributed by atoms with E-state index in [4.69, 9.17) is 0 Å². The molecule has 0 aromatic heterocycles. The molecule has 6 nitrogen and oxygen atoms in total. The summed E-state index contributed by atoms with van der Waals surface area (Å²) in [5.74, 6) is 0. The molecule has 0 fully saturated rings. The summed E-state index contributed by atoms with van der Waals surface area (Å²) in [6.45, 7) is 6.17. The Morgan fingerprint density at radius 3 is 2.33 bits per heavy atom. The van der Waals surface area contributed by atoms with Crippen molar-refractivity contribution in [1.82, 2.24) is 10.6 Å². The summed E-state index contributed by atoms with van der Waals surface area (Å²) in [6.07, 6.45) is 1.88. The smallest absolute Gasteiger partial charge is 0.335 e. The van der Waals surface area contributed by atoms with Gasteiger partial charge >= 0.3 is 12.1 Å². The molecule has 0 rings (SSSR count). The van der Waals surface area contributed by atoms with Crippen LogP contribution in [0.2, 0.25) is 0 Å². The second-order valence-electron chi connectivity index (χ2n) is 3.39. The largest absolute Gasteiger partial charge is 0.359 e. The monoisotopic (exact) mass is 214 g/mol. The topological polar surface area (TPSA) is 82.9 Å². The van der Waals surface area contributed by atoms with Gasteiger partial charge in [-0.15, -0.1) is 0 Å². The van der Waals surface area contributed by atoms with Crippen molar-refractivity contribution in [2.75, 3.05) is 6.54 Å². The van der Waals surface area contributed by atoms with E-state index in [1.165, 1.54) is 0 Å². The minimum Gasteiger partial charge on any atom is -0.335 e. The van der Waals surface area contributed by atoms with Crippen LogP contribution in [0.1, 0.15) is 33.6 Å². The molecule has 0 aliphatic heterocycles. The Bertz CT molecular complexity index is 238. The van der Waals surface area contributed by atoms with Crippen molar-refractivity contribution in [2.45, 2.75) is 39.7 Å². The predicted octanol–water partition coefficient (Wildman–Crippen LogP) is 2.07. The van der Waals surface area contributed by atoms with Crippen molar-refractivity contribution < 1.29 is 9.59 Å². The Labute approximate surface area is 89.5 Å². The van der Waals surface area contributed by atoms with E-state index in [-0.39, 0.29) is 6.04 Å². The number of nitrogens with zero attached hydrogens (tertiary/aromatic N) is 2. The zero-order chi connectivity index (χ0) is 11.7. The minimum atomic E-state index is -0.601. The first-order chi connectivity index (χ1) is 7.06. The molecule has 4 amide bonds. The molecule has 0 spiro atoms. The molecule has 0 aromatic rings. The quantitative estimate of drug-likeness (QED) is 0.554. The van der Waals surface area contributed by atoms with Crippen LogP contribution in [0.3, 0.4) is 0 Å². The normalized spacial score (nSPS) is 10.7. The predicted molar refractivity (Wildman–Crippen MR) is 56.8 cm³/mol. The first-order valence-corrected chi connectivity index (χ1v) is 5.06. The van der Waals surface area contributed by atoms with Gasteiger partial charge in [-0.1, -0.05) is 23.6 Å². The number of carbonyl (C=O) groups is 2. The lowest BCUT2D eigenvalue weighted by Crippen LogP contribution is -2.27. The molecule has 0 aliphatic rings. The van der Waals surface area contributed by atoms with Crippen LogP contribution in [0.25, 0.3) is 0 Å². The van der Waals surface area contributed by atoms with Gasteiger partial charge in [-0.3, -0.25) is 0 Å². The number of urea groups is 2. The maximum Gasteiger partial charge on any atom is 0.359 e. The summed E-state index contributed by atoms with van der Waals surface area (Å²) in [4.78, 5) is 21.9. The third-order valence-corrected chi connectivity index (χ3v) is 1.45. The number of rotatable bonds is 4. The fourth-order valence-electron chi connectivity index (χ4n) is 0.774. The van der Waals surface area contributed by atoms with Crippen molar-refractivity contribution in [3.8, 4) is 0 Å². The second-order valence-corrected chi connectivity index (χ2v) is 3.39. The van der Waals surface area contributed by atoms with E-state index in [9.17, 15) is 9.59 Å². The molecule has 0 saturated carbocycles. The lowest BCUT2D eigenvalue weighted by molar-refractivity contribution is 0.240. The van der Waals surface area contributed by atoms with Crippen molar-refractivity contribution in [2.24, 2.45) is 10.2 Å². The zero-order valence-corrected chi connectivity index (χ0v) is 9.41. The van der Waals surface area contributed by atoms with Crippen LogP contribution >= 0.6 is 0 Å². The minimum absolute atomic E-state index is 0.0143. The van der Waals surface area contributed by atoms with E-state index in [1.54, 1.807) is 13.8 Å². The van der Waals surface area contributed by atoms with E-state index >= 15 is 0 Å². The molecule has 0 aromatic carbocycles. The van der Waals surface area contributed by atoms with Crippen LogP contribution in [-0.2, 0) is 0 Å². The Hall–Kier alpha value is -1.46. The summed E-state index contributed by atoms with van der Waals surface area (Å²) in [6, 6.07) is -1.20. The fourth-order valence-corrected chi connectivity index (χ4v) is 0.774. The number of hydrogen-bond acceptors (Lipinski definition) is 2. The molecule has 0 bridgehead atoms. The number of azo groups is 1. The number of hydrogen-bond donors (Lipinski definition) is 2. The Balaban J connectivity index is 3.74. The van der Waals surface area contributed by atoms with Gasteiger partial charge in [-0.25, -0.2) is 9.59 Å². The molecule has 0 unspecified atom stereocenters. The zero-order valence-electron chi connectivity index (χ0n) is 9.41. The SMILES string of the molecule is CCCCNC(=O)N=NC(=O)NC(C)C.